The third-order valence-corrected chi connectivity index (χ3v) is 6.90. The highest BCUT2D eigenvalue weighted by molar-refractivity contribution is 6.46. The first kappa shape index (κ1) is 28.4. The number of aliphatic hydroxyl groups excluding tert-OH is 1. The molecular formula is C34H32N2O6. The first-order valence-corrected chi connectivity index (χ1v) is 13.8. The summed E-state index contributed by atoms with van der Waals surface area (Å²) in [4.78, 5) is 32.5. The van der Waals surface area contributed by atoms with Gasteiger partial charge in [0.2, 0.25) is 0 Å². The van der Waals surface area contributed by atoms with Crippen LogP contribution in [0.2, 0.25) is 0 Å². The van der Waals surface area contributed by atoms with Crippen LogP contribution >= 0.6 is 0 Å². The van der Waals surface area contributed by atoms with Gasteiger partial charge in [0.1, 0.15) is 18.1 Å². The van der Waals surface area contributed by atoms with Gasteiger partial charge in [0.25, 0.3) is 11.7 Å². The van der Waals surface area contributed by atoms with Crippen molar-refractivity contribution in [2.75, 3.05) is 13.2 Å². The molecule has 4 aromatic rings. The van der Waals surface area contributed by atoms with Crippen molar-refractivity contribution in [3.63, 3.8) is 0 Å². The van der Waals surface area contributed by atoms with Gasteiger partial charge in [-0.05, 0) is 79.1 Å². The Morgan fingerprint density at radius 1 is 0.810 bits per heavy atom. The second kappa shape index (κ2) is 13.0. The molecule has 1 atom stereocenters. The van der Waals surface area contributed by atoms with Gasteiger partial charge in [-0.15, -0.1) is 0 Å². The molecule has 5 rings (SSSR count). The summed E-state index contributed by atoms with van der Waals surface area (Å²) in [6.07, 6.45) is 3.26. The van der Waals surface area contributed by atoms with Crippen LogP contribution in [0.1, 0.15) is 42.1 Å². The van der Waals surface area contributed by atoms with Gasteiger partial charge in [0.15, 0.2) is 11.5 Å². The van der Waals surface area contributed by atoms with Crippen molar-refractivity contribution in [2.24, 2.45) is 0 Å². The van der Waals surface area contributed by atoms with Crippen LogP contribution < -0.4 is 14.2 Å². The number of amides is 1. The lowest BCUT2D eigenvalue weighted by molar-refractivity contribution is -0.140. The van der Waals surface area contributed by atoms with Crippen molar-refractivity contribution in [3.8, 4) is 17.2 Å². The Balaban J connectivity index is 1.57. The largest absolute Gasteiger partial charge is 0.507 e. The topological polar surface area (TPSA) is 98.2 Å². The maximum Gasteiger partial charge on any atom is 0.295 e. The molecule has 1 aliphatic heterocycles. The van der Waals surface area contributed by atoms with Gasteiger partial charge in [0.05, 0.1) is 24.8 Å². The summed E-state index contributed by atoms with van der Waals surface area (Å²) in [5, 5.41) is 11.5. The number of pyridine rings is 1. The molecule has 2 heterocycles. The van der Waals surface area contributed by atoms with E-state index in [0.29, 0.717) is 48.2 Å². The first-order valence-electron chi connectivity index (χ1n) is 13.8. The molecule has 1 amide bonds. The molecule has 0 radical (unpaired) electrons. The number of carbonyl (C=O) groups is 2. The summed E-state index contributed by atoms with van der Waals surface area (Å²) >= 11 is 0. The molecule has 0 bridgehead atoms. The van der Waals surface area contributed by atoms with E-state index < -0.39 is 17.7 Å². The molecule has 8 nitrogen and oxygen atoms in total. The number of benzene rings is 3. The fraction of sp³-hybridized carbons (Fsp3) is 0.206. The van der Waals surface area contributed by atoms with Crippen molar-refractivity contribution in [2.45, 2.75) is 33.0 Å². The Morgan fingerprint density at radius 3 is 2.21 bits per heavy atom. The number of Topliss-reactive ketones (excluding diaryl/α,β-unsaturated/α-hetero) is 1. The summed E-state index contributed by atoms with van der Waals surface area (Å²) in [6, 6.07) is 24.6. The van der Waals surface area contributed by atoms with Gasteiger partial charge >= 0.3 is 0 Å². The highest BCUT2D eigenvalue weighted by Crippen LogP contribution is 2.43. The minimum absolute atomic E-state index is 0.00128. The third kappa shape index (κ3) is 6.12. The van der Waals surface area contributed by atoms with Crippen LogP contribution in [0.3, 0.4) is 0 Å². The Labute approximate surface area is 244 Å². The Kier molecular flexibility index (Phi) is 8.82. The molecule has 1 saturated heterocycles. The maximum atomic E-state index is 13.5. The molecule has 0 spiro atoms. The number of hydrogen-bond donors (Lipinski definition) is 1. The van der Waals surface area contributed by atoms with Crippen molar-refractivity contribution in [3.05, 3.63) is 125 Å². The molecule has 0 aliphatic carbocycles. The lowest BCUT2D eigenvalue weighted by atomic mass is 9.94. The molecular weight excluding hydrogens is 532 g/mol. The van der Waals surface area contributed by atoms with Crippen molar-refractivity contribution >= 4 is 17.4 Å². The zero-order valence-corrected chi connectivity index (χ0v) is 23.5. The summed E-state index contributed by atoms with van der Waals surface area (Å²) in [6.45, 7) is 5.13. The van der Waals surface area contributed by atoms with Crippen LogP contribution in [-0.2, 0) is 22.7 Å². The second-order valence-corrected chi connectivity index (χ2v) is 9.65. The Morgan fingerprint density at radius 2 is 1.52 bits per heavy atom. The van der Waals surface area contributed by atoms with Crippen LogP contribution in [0.15, 0.2) is 103 Å². The van der Waals surface area contributed by atoms with Crippen molar-refractivity contribution in [1.82, 2.24) is 9.88 Å². The highest BCUT2D eigenvalue weighted by Gasteiger charge is 2.46. The maximum absolute atomic E-state index is 13.5. The Bertz CT molecular complexity index is 1570. The smallest absolute Gasteiger partial charge is 0.295 e. The number of aromatic nitrogens is 1. The number of hydrogen-bond acceptors (Lipinski definition) is 7. The summed E-state index contributed by atoms with van der Waals surface area (Å²) < 4.78 is 17.5. The van der Waals surface area contributed by atoms with Crippen LogP contribution in [-0.4, -0.2) is 39.9 Å². The molecule has 3 aromatic carbocycles. The average Bonchev–Trinajstić information content (AvgIpc) is 3.26. The summed E-state index contributed by atoms with van der Waals surface area (Å²) in [7, 11) is 0. The lowest BCUT2D eigenvalue weighted by Gasteiger charge is -2.26. The lowest BCUT2D eigenvalue weighted by Crippen LogP contribution is -2.29. The third-order valence-electron chi connectivity index (χ3n) is 6.90. The van der Waals surface area contributed by atoms with Crippen LogP contribution in [0.25, 0.3) is 5.76 Å². The predicted octanol–water partition coefficient (Wildman–Crippen LogP) is 6.08. The van der Waals surface area contributed by atoms with E-state index >= 15 is 0 Å². The molecule has 1 N–H and O–H groups in total. The van der Waals surface area contributed by atoms with E-state index in [0.717, 1.165) is 11.1 Å². The molecule has 1 fully saturated rings. The van der Waals surface area contributed by atoms with E-state index in [9.17, 15) is 14.7 Å². The van der Waals surface area contributed by atoms with Crippen LogP contribution in [0, 0.1) is 0 Å². The molecule has 1 aliphatic rings. The van der Waals surface area contributed by atoms with Gasteiger partial charge in [-0.1, -0.05) is 36.4 Å². The normalized spacial score (nSPS) is 16.0. The SMILES string of the molecule is CCOc1ccc(C(O)=C2C(=O)C(=O)N(Cc3ccncc3)C2c2ccc(OCc3ccccc3)c(OCC)c2)cc1. The zero-order valence-electron chi connectivity index (χ0n) is 23.5. The fourth-order valence-corrected chi connectivity index (χ4v) is 4.92. The van der Waals surface area contributed by atoms with Crippen molar-refractivity contribution in [1.29, 1.82) is 0 Å². The summed E-state index contributed by atoms with van der Waals surface area (Å²) in [5.41, 5.74) is 2.80. The second-order valence-electron chi connectivity index (χ2n) is 9.65. The standard InChI is InChI=1S/C34H32N2O6/c1-3-40-27-13-10-25(11-14-27)32(37)30-31(36(34(39)33(30)38)21-23-16-18-35-19-17-23)26-12-15-28(29(20-26)41-4-2)42-22-24-8-6-5-7-9-24/h5-20,31,37H,3-4,21-22H2,1-2H3. The Hall–Kier alpha value is -5.11. The number of carbonyl (C=O) groups excluding carboxylic acids is 2. The van der Waals surface area contributed by atoms with Gasteiger partial charge in [-0.2, -0.15) is 0 Å². The minimum atomic E-state index is -0.868. The van der Waals surface area contributed by atoms with Gasteiger partial charge < -0.3 is 24.2 Å². The van der Waals surface area contributed by atoms with Crippen LogP contribution in [0.4, 0.5) is 0 Å². The fourth-order valence-electron chi connectivity index (χ4n) is 4.92. The van der Waals surface area contributed by atoms with E-state index in [1.807, 2.05) is 44.2 Å². The van der Waals surface area contributed by atoms with Gasteiger partial charge in [-0.3, -0.25) is 14.6 Å². The number of nitrogens with zero attached hydrogens (tertiary/aromatic N) is 2. The molecule has 214 valence electrons. The number of ketones is 1. The number of likely N-dealkylation sites (tertiary alicyclic amines) is 1. The van der Waals surface area contributed by atoms with E-state index in [1.54, 1.807) is 67.0 Å². The van der Waals surface area contributed by atoms with E-state index in [2.05, 4.69) is 4.98 Å². The van der Waals surface area contributed by atoms with Crippen LogP contribution in [0.5, 0.6) is 17.2 Å². The predicted molar refractivity (Wildman–Crippen MR) is 158 cm³/mol. The average molecular weight is 565 g/mol. The van der Waals surface area contributed by atoms with Gasteiger partial charge in [-0.25, -0.2) is 0 Å². The molecule has 0 saturated carbocycles. The van der Waals surface area contributed by atoms with E-state index in [-0.39, 0.29) is 17.9 Å². The number of ether oxygens (including phenoxy) is 3. The van der Waals surface area contributed by atoms with Crippen molar-refractivity contribution < 1.29 is 28.9 Å². The molecule has 8 heteroatoms. The molecule has 1 unspecified atom stereocenters. The van der Waals surface area contributed by atoms with E-state index in [4.69, 9.17) is 14.2 Å². The number of aliphatic hydroxyl groups is 1. The van der Waals surface area contributed by atoms with Gasteiger partial charge in [0, 0.05) is 24.5 Å². The summed E-state index contributed by atoms with van der Waals surface area (Å²) in [5.74, 6) is -0.0878. The minimum Gasteiger partial charge on any atom is -0.507 e. The molecule has 42 heavy (non-hydrogen) atoms. The van der Waals surface area contributed by atoms with E-state index in [1.165, 1.54) is 4.90 Å². The number of rotatable bonds is 11. The monoisotopic (exact) mass is 564 g/mol. The molecule has 1 aromatic heterocycles. The quantitative estimate of drug-likeness (QED) is 0.134. The zero-order chi connectivity index (χ0) is 29.5. The first-order chi connectivity index (χ1) is 20.5. The highest BCUT2D eigenvalue weighted by atomic mass is 16.5.